The normalized spacial score (nSPS) is 15.6. The fourth-order valence-corrected chi connectivity index (χ4v) is 3.02. The molecule has 1 aliphatic rings. The Hall–Kier alpha value is -2.59. The second-order valence-electron chi connectivity index (χ2n) is 6.30. The zero-order chi connectivity index (χ0) is 17.5. The van der Waals surface area contributed by atoms with E-state index in [0.29, 0.717) is 5.56 Å². The van der Waals surface area contributed by atoms with Crippen molar-refractivity contribution >= 4 is 12.0 Å². The van der Waals surface area contributed by atoms with Crippen LogP contribution in [0.25, 0.3) is 6.08 Å². The van der Waals surface area contributed by atoms with Gasteiger partial charge >= 0.3 is 0 Å². The van der Waals surface area contributed by atoms with Gasteiger partial charge < -0.3 is 10.0 Å². The van der Waals surface area contributed by atoms with Gasteiger partial charge in [0.25, 0.3) is 0 Å². The molecule has 130 valence electrons. The number of hydrogen-bond acceptors (Lipinski definition) is 3. The van der Waals surface area contributed by atoms with E-state index in [4.69, 9.17) is 0 Å². The molecule has 4 nitrogen and oxygen atoms in total. The average Bonchev–Trinajstić information content (AvgIpc) is 2.65. The third-order valence-electron chi connectivity index (χ3n) is 4.53. The number of phenolic OH excluding ortho intramolecular Hbond substituents is 1. The molecule has 2 aromatic carbocycles. The molecule has 1 amide bonds. The van der Waals surface area contributed by atoms with E-state index in [0.717, 1.165) is 32.7 Å². The Balaban J connectivity index is 1.44. The van der Waals surface area contributed by atoms with Gasteiger partial charge in [-0.25, -0.2) is 0 Å². The van der Waals surface area contributed by atoms with Crippen LogP contribution in [-0.2, 0) is 11.2 Å². The minimum absolute atomic E-state index is 0.0842. The molecule has 0 saturated carbocycles. The lowest BCUT2D eigenvalue weighted by molar-refractivity contribution is -0.132. The van der Waals surface area contributed by atoms with E-state index in [1.54, 1.807) is 18.2 Å². The number of carbonyl (C=O) groups excluding carboxylic acids is 1. The number of phenols is 1. The van der Waals surface area contributed by atoms with Crippen molar-refractivity contribution in [2.45, 2.75) is 6.42 Å². The number of benzene rings is 2. The first-order valence-corrected chi connectivity index (χ1v) is 8.71. The van der Waals surface area contributed by atoms with Crippen molar-refractivity contribution in [3.05, 3.63) is 71.8 Å². The smallest absolute Gasteiger partial charge is 0.227 e. The van der Waals surface area contributed by atoms with Gasteiger partial charge in [0.2, 0.25) is 5.91 Å². The molecular formula is C21H24N2O2. The zero-order valence-corrected chi connectivity index (χ0v) is 14.3. The summed E-state index contributed by atoms with van der Waals surface area (Å²) in [6.07, 6.45) is 4.57. The summed E-state index contributed by atoms with van der Waals surface area (Å²) in [6.45, 7) is 4.14. The molecule has 1 heterocycles. The largest absolute Gasteiger partial charge is 0.508 e. The topological polar surface area (TPSA) is 43.8 Å². The van der Waals surface area contributed by atoms with Crippen molar-refractivity contribution < 1.29 is 9.90 Å². The van der Waals surface area contributed by atoms with Crippen molar-refractivity contribution in [1.82, 2.24) is 9.80 Å². The molecule has 25 heavy (non-hydrogen) atoms. The van der Waals surface area contributed by atoms with Crippen LogP contribution < -0.4 is 0 Å². The third kappa shape index (κ3) is 4.94. The highest BCUT2D eigenvalue weighted by Gasteiger charge is 2.21. The summed E-state index contributed by atoms with van der Waals surface area (Å²) in [5, 5.41) is 9.80. The lowest BCUT2D eigenvalue weighted by Gasteiger charge is -2.34. The van der Waals surface area contributed by atoms with Gasteiger partial charge in [-0.2, -0.15) is 0 Å². The van der Waals surface area contributed by atoms with Gasteiger partial charge in [0.15, 0.2) is 0 Å². The van der Waals surface area contributed by atoms with Crippen LogP contribution in [-0.4, -0.2) is 53.5 Å². The van der Waals surface area contributed by atoms with Gasteiger partial charge in [-0.1, -0.05) is 60.7 Å². The van der Waals surface area contributed by atoms with E-state index < -0.39 is 0 Å². The van der Waals surface area contributed by atoms with E-state index in [1.807, 2.05) is 29.2 Å². The molecule has 0 atom stereocenters. The number of piperazine rings is 1. The van der Waals surface area contributed by atoms with Gasteiger partial charge in [0, 0.05) is 38.3 Å². The number of para-hydroxylation sites is 1. The summed E-state index contributed by atoms with van der Waals surface area (Å²) in [7, 11) is 0. The Bertz CT molecular complexity index is 720. The number of amides is 1. The summed E-state index contributed by atoms with van der Waals surface area (Å²) in [6, 6.07) is 17.3. The summed E-state index contributed by atoms with van der Waals surface area (Å²) in [5.41, 5.74) is 1.90. The van der Waals surface area contributed by atoms with E-state index in [2.05, 4.69) is 29.2 Å². The molecule has 0 spiro atoms. The summed E-state index contributed by atoms with van der Waals surface area (Å²) in [4.78, 5) is 16.7. The minimum Gasteiger partial charge on any atom is -0.508 e. The molecule has 4 heteroatoms. The van der Waals surface area contributed by atoms with Gasteiger partial charge in [0.05, 0.1) is 6.42 Å². The number of hydrogen-bond donors (Lipinski definition) is 1. The van der Waals surface area contributed by atoms with Crippen LogP contribution in [0.2, 0.25) is 0 Å². The number of aromatic hydroxyl groups is 1. The second kappa shape index (κ2) is 8.49. The second-order valence-corrected chi connectivity index (χ2v) is 6.30. The number of rotatable bonds is 5. The molecule has 1 aliphatic heterocycles. The standard InChI is InChI=1S/C21H24N2O2/c24-20-11-5-4-10-19(20)17-21(25)23-15-13-22(14-16-23)12-6-9-18-7-2-1-3-8-18/h1-11,24H,12-17H2/b9-6+. The maximum atomic E-state index is 12.4. The van der Waals surface area contributed by atoms with E-state index >= 15 is 0 Å². The molecule has 0 aromatic heterocycles. The molecule has 0 unspecified atom stereocenters. The maximum Gasteiger partial charge on any atom is 0.227 e. The highest BCUT2D eigenvalue weighted by atomic mass is 16.3. The first-order chi connectivity index (χ1) is 12.2. The third-order valence-corrected chi connectivity index (χ3v) is 4.53. The Morgan fingerprint density at radius 1 is 0.960 bits per heavy atom. The monoisotopic (exact) mass is 336 g/mol. The Labute approximate surface area is 149 Å². The SMILES string of the molecule is O=C(Cc1ccccc1O)N1CCN(C/C=C/c2ccccc2)CC1. The highest BCUT2D eigenvalue weighted by molar-refractivity contribution is 5.79. The van der Waals surface area contributed by atoms with E-state index in [1.165, 1.54) is 5.56 Å². The van der Waals surface area contributed by atoms with Crippen molar-refractivity contribution in [1.29, 1.82) is 0 Å². The Morgan fingerprint density at radius 2 is 1.64 bits per heavy atom. The van der Waals surface area contributed by atoms with Gasteiger partial charge in [-0.05, 0) is 11.6 Å². The Kier molecular flexibility index (Phi) is 5.86. The van der Waals surface area contributed by atoms with Gasteiger partial charge in [-0.15, -0.1) is 0 Å². The minimum atomic E-state index is 0.0842. The van der Waals surface area contributed by atoms with Crippen LogP contribution in [0.5, 0.6) is 5.75 Å². The number of nitrogens with zero attached hydrogens (tertiary/aromatic N) is 2. The summed E-state index contributed by atoms with van der Waals surface area (Å²) in [5.74, 6) is 0.279. The van der Waals surface area contributed by atoms with Crippen molar-refractivity contribution in [3.8, 4) is 5.75 Å². The van der Waals surface area contributed by atoms with Crippen LogP contribution in [0.1, 0.15) is 11.1 Å². The van der Waals surface area contributed by atoms with Crippen LogP contribution >= 0.6 is 0 Å². The fourth-order valence-electron chi connectivity index (χ4n) is 3.02. The van der Waals surface area contributed by atoms with Crippen molar-refractivity contribution in [2.24, 2.45) is 0 Å². The van der Waals surface area contributed by atoms with Crippen LogP contribution in [0.3, 0.4) is 0 Å². The molecule has 0 aliphatic carbocycles. The van der Waals surface area contributed by atoms with Crippen LogP contribution in [0, 0.1) is 0 Å². The van der Waals surface area contributed by atoms with Crippen molar-refractivity contribution in [3.63, 3.8) is 0 Å². The van der Waals surface area contributed by atoms with Gasteiger partial charge in [-0.3, -0.25) is 9.69 Å². The average molecular weight is 336 g/mol. The molecule has 1 fully saturated rings. The zero-order valence-electron chi connectivity index (χ0n) is 14.3. The number of carbonyl (C=O) groups is 1. The molecule has 2 aromatic rings. The Morgan fingerprint density at radius 3 is 2.36 bits per heavy atom. The maximum absolute atomic E-state index is 12.4. The molecular weight excluding hydrogens is 312 g/mol. The lowest BCUT2D eigenvalue weighted by Crippen LogP contribution is -2.49. The summed E-state index contributed by atoms with van der Waals surface area (Å²) < 4.78 is 0. The lowest BCUT2D eigenvalue weighted by atomic mass is 10.1. The van der Waals surface area contributed by atoms with Gasteiger partial charge in [0.1, 0.15) is 5.75 Å². The predicted octanol–water partition coefficient (Wildman–Crippen LogP) is 2.79. The molecule has 1 saturated heterocycles. The first kappa shape index (κ1) is 17.2. The predicted molar refractivity (Wildman–Crippen MR) is 100 cm³/mol. The first-order valence-electron chi connectivity index (χ1n) is 8.71. The summed E-state index contributed by atoms with van der Waals surface area (Å²) >= 11 is 0. The fraction of sp³-hybridized carbons (Fsp3) is 0.286. The van der Waals surface area contributed by atoms with E-state index in [-0.39, 0.29) is 18.1 Å². The van der Waals surface area contributed by atoms with Crippen molar-refractivity contribution in [2.75, 3.05) is 32.7 Å². The van der Waals surface area contributed by atoms with Crippen LogP contribution in [0.15, 0.2) is 60.7 Å². The molecule has 3 rings (SSSR count). The highest BCUT2D eigenvalue weighted by Crippen LogP contribution is 2.17. The molecule has 1 N–H and O–H groups in total. The van der Waals surface area contributed by atoms with Crippen LogP contribution in [0.4, 0.5) is 0 Å². The molecule has 0 bridgehead atoms. The van der Waals surface area contributed by atoms with E-state index in [9.17, 15) is 9.90 Å². The quantitative estimate of drug-likeness (QED) is 0.913. The molecule has 0 radical (unpaired) electrons.